The molecule has 134 valence electrons. The predicted molar refractivity (Wildman–Crippen MR) is 105 cm³/mol. The van der Waals surface area contributed by atoms with E-state index >= 15 is 0 Å². The van der Waals surface area contributed by atoms with Crippen LogP contribution in [0.25, 0.3) is 11.3 Å². The van der Waals surface area contributed by atoms with Gasteiger partial charge in [-0.1, -0.05) is 39.7 Å². The molecule has 6 heteroatoms. The Hall–Kier alpha value is -2.24. The van der Waals surface area contributed by atoms with E-state index in [0.29, 0.717) is 23.1 Å². The Morgan fingerprint density at radius 3 is 2.65 bits per heavy atom. The third kappa shape index (κ3) is 4.90. The minimum absolute atomic E-state index is 0.0667. The fraction of sp³-hybridized carbons (Fsp3) is 0.150. The number of hydrogen-bond acceptors (Lipinski definition) is 3. The van der Waals surface area contributed by atoms with Gasteiger partial charge in [0.2, 0.25) is 0 Å². The van der Waals surface area contributed by atoms with Crippen LogP contribution in [-0.2, 0) is 11.3 Å². The van der Waals surface area contributed by atoms with Crippen molar-refractivity contribution in [3.8, 4) is 17.1 Å². The first-order chi connectivity index (χ1) is 12.5. The van der Waals surface area contributed by atoms with E-state index in [4.69, 9.17) is 20.8 Å². The monoisotopic (exact) mass is 433 g/mol. The molecule has 3 rings (SSSR count). The molecule has 1 heterocycles. The molecule has 0 fully saturated rings. The Morgan fingerprint density at radius 2 is 1.92 bits per heavy atom. The van der Waals surface area contributed by atoms with Crippen LogP contribution in [0.4, 0.5) is 0 Å². The van der Waals surface area contributed by atoms with Crippen LogP contribution in [0.2, 0.25) is 5.02 Å². The number of nitrogens with one attached hydrogen (secondary N) is 1. The average molecular weight is 435 g/mol. The highest BCUT2D eigenvalue weighted by atomic mass is 79.9. The van der Waals surface area contributed by atoms with Gasteiger partial charge < -0.3 is 14.5 Å². The molecule has 0 unspecified atom stereocenters. The fourth-order valence-corrected chi connectivity index (χ4v) is 2.89. The van der Waals surface area contributed by atoms with Crippen molar-refractivity contribution in [2.45, 2.75) is 13.5 Å². The summed E-state index contributed by atoms with van der Waals surface area (Å²) in [6.07, 6.45) is 0. The molecule has 0 bridgehead atoms. The van der Waals surface area contributed by atoms with Gasteiger partial charge in [-0.15, -0.1) is 0 Å². The first-order valence-corrected chi connectivity index (χ1v) is 9.18. The zero-order chi connectivity index (χ0) is 18.5. The second kappa shape index (κ2) is 8.43. The van der Waals surface area contributed by atoms with Gasteiger partial charge in [0.1, 0.15) is 17.3 Å². The first kappa shape index (κ1) is 18.5. The summed E-state index contributed by atoms with van der Waals surface area (Å²) in [4.78, 5) is 12.0. The van der Waals surface area contributed by atoms with Gasteiger partial charge in [0, 0.05) is 15.1 Å². The van der Waals surface area contributed by atoms with Crippen LogP contribution in [0.1, 0.15) is 11.3 Å². The van der Waals surface area contributed by atoms with E-state index in [1.807, 2.05) is 43.3 Å². The summed E-state index contributed by atoms with van der Waals surface area (Å²) in [7, 11) is 0. The van der Waals surface area contributed by atoms with Gasteiger partial charge in [-0.25, -0.2) is 0 Å². The summed E-state index contributed by atoms with van der Waals surface area (Å²) in [6.45, 7) is 2.12. The quantitative estimate of drug-likeness (QED) is 0.568. The van der Waals surface area contributed by atoms with Crippen LogP contribution in [0.15, 0.2) is 63.5 Å². The Kier molecular flexibility index (Phi) is 6.01. The summed E-state index contributed by atoms with van der Waals surface area (Å²) in [5.41, 5.74) is 1.86. The van der Waals surface area contributed by atoms with Gasteiger partial charge >= 0.3 is 0 Å². The molecule has 0 saturated carbocycles. The van der Waals surface area contributed by atoms with Gasteiger partial charge in [0.05, 0.1) is 6.54 Å². The highest BCUT2D eigenvalue weighted by molar-refractivity contribution is 9.10. The number of aryl methyl sites for hydroxylation is 1. The van der Waals surface area contributed by atoms with Gasteiger partial charge in [-0.05, 0) is 55.0 Å². The molecule has 1 amide bonds. The molecule has 26 heavy (non-hydrogen) atoms. The van der Waals surface area contributed by atoms with E-state index in [2.05, 4.69) is 21.2 Å². The molecular weight excluding hydrogens is 418 g/mol. The van der Waals surface area contributed by atoms with Gasteiger partial charge in [-0.2, -0.15) is 0 Å². The van der Waals surface area contributed by atoms with Crippen LogP contribution in [-0.4, -0.2) is 12.5 Å². The van der Waals surface area contributed by atoms with Crippen molar-refractivity contribution in [2.75, 3.05) is 6.61 Å². The maximum Gasteiger partial charge on any atom is 0.258 e. The third-order valence-corrected chi connectivity index (χ3v) is 4.51. The molecule has 1 N–H and O–H groups in total. The third-order valence-electron chi connectivity index (χ3n) is 3.75. The normalized spacial score (nSPS) is 10.6. The lowest BCUT2D eigenvalue weighted by Gasteiger charge is -2.09. The van der Waals surface area contributed by atoms with Crippen molar-refractivity contribution in [2.24, 2.45) is 0 Å². The lowest BCUT2D eigenvalue weighted by Crippen LogP contribution is -2.28. The number of furan rings is 1. The number of benzene rings is 2. The Morgan fingerprint density at radius 1 is 1.15 bits per heavy atom. The lowest BCUT2D eigenvalue weighted by molar-refractivity contribution is -0.123. The second-order valence-electron chi connectivity index (χ2n) is 5.75. The fourth-order valence-electron chi connectivity index (χ4n) is 2.40. The van der Waals surface area contributed by atoms with Crippen LogP contribution >= 0.6 is 27.5 Å². The average Bonchev–Trinajstić information content (AvgIpc) is 3.09. The molecule has 1 aromatic heterocycles. The molecule has 0 radical (unpaired) electrons. The minimum Gasteiger partial charge on any atom is -0.484 e. The molecule has 0 saturated heterocycles. The number of hydrogen-bond donors (Lipinski definition) is 1. The standard InChI is InChI=1S/C20H17BrClNO3/c1-13-10-16(22)6-8-18(13)25-12-20(24)23-11-17-7-9-19(26-17)14-2-4-15(21)5-3-14/h2-10H,11-12H2,1H3,(H,23,24). The van der Waals surface area contributed by atoms with E-state index < -0.39 is 0 Å². The summed E-state index contributed by atoms with van der Waals surface area (Å²) >= 11 is 9.31. The highest BCUT2D eigenvalue weighted by Gasteiger charge is 2.08. The van der Waals surface area contributed by atoms with Crippen LogP contribution < -0.4 is 10.1 Å². The Balaban J connectivity index is 1.51. The van der Waals surface area contributed by atoms with Gasteiger partial charge in [-0.3, -0.25) is 4.79 Å². The van der Waals surface area contributed by atoms with Crippen molar-refractivity contribution in [3.05, 3.63) is 75.4 Å². The number of rotatable bonds is 6. The Labute approximate surface area is 165 Å². The minimum atomic E-state index is -0.221. The summed E-state index contributed by atoms with van der Waals surface area (Å²) < 4.78 is 12.3. The molecule has 0 aliphatic rings. The van der Waals surface area contributed by atoms with Crippen molar-refractivity contribution in [1.29, 1.82) is 0 Å². The number of ether oxygens (including phenoxy) is 1. The molecule has 0 aliphatic carbocycles. The number of amides is 1. The number of carbonyl (C=O) groups is 1. The van der Waals surface area contributed by atoms with Crippen molar-refractivity contribution >= 4 is 33.4 Å². The van der Waals surface area contributed by atoms with Gasteiger partial charge in [0.25, 0.3) is 5.91 Å². The molecule has 2 aromatic carbocycles. The number of halogens is 2. The van der Waals surface area contributed by atoms with E-state index in [-0.39, 0.29) is 12.5 Å². The SMILES string of the molecule is Cc1cc(Cl)ccc1OCC(=O)NCc1ccc(-c2ccc(Br)cc2)o1. The lowest BCUT2D eigenvalue weighted by atomic mass is 10.2. The van der Waals surface area contributed by atoms with Gasteiger partial charge in [0.15, 0.2) is 6.61 Å². The predicted octanol–water partition coefficient (Wildman–Crippen LogP) is 5.37. The second-order valence-corrected chi connectivity index (χ2v) is 7.10. The smallest absolute Gasteiger partial charge is 0.258 e. The largest absolute Gasteiger partial charge is 0.484 e. The van der Waals surface area contributed by atoms with Crippen LogP contribution in [0.3, 0.4) is 0 Å². The van der Waals surface area contributed by atoms with E-state index in [1.54, 1.807) is 18.2 Å². The topological polar surface area (TPSA) is 51.5 Å². The van der Waals surface area contributed by atoms with E-state index in [1.165, 1.54) is 0 Å². The van der Waals surface area contributed by atoms with E-state index in [0.717, 1.165) is 21.4 Å². The molecule has 3 aromatic rings. The molecule has 0 atom stereocenters. The van der Waals surface area contributed by atoms with Crippen molar-refractivity contribution < 1.29 is 13.9 Å². The highest BCUT2D eigenvalue weighted by Crippen LogP contribution is 2.24. The molecule has 4 nitrogen and oxygen atoms in total. The maximum atomic E-state index is 12.0. The summed E-state index contributed by atoms with van der Waals surface area (Å²) in [5.74, 6) is 1.86. The summed E-state index contributed by atoms with van der Waals surface area (Å²) in [6, 6.07) is 16.9. The zero-order valence-corrected chi connectivity index (χ0v) is 16.4. The Bertz CT molecular complexity index is 906. The first-order valence-electron chi connectivity index (χ1n) is 8.01. The van der Waals surface area contributed by atoms with Crippen LogP contribution in [0, 0.1) is 6.92 Å². The molecule has 0 spiro atoms. The zero-order valence-electron chi connectivity index (χ0n) is 14.1. The number of carbonyl (C=O) groups excluding carboxylic acids is 1. The maximum absolute atomic E-state index is 12.0. The molecular formula is C20H17BrClNO3. The van der Waals surface area contributed by atoms with E-state index in [9.17, 15) is 4.79 Å². The van der Waals surface area contributed by atoms with Crippen LogP contribution in [0.5, 0.6) is 5.75 Å². The van der Waals surface area contributed by atoms with Crippen molar-refractivity contribution in [1.82, 2.24) is 5.32 Å². The molecule has 0 aliphatic heterocycles. The van der Waals surface area contributed by atoms with Crippen molar-refractivity contribution in [3.63, 3.8) is 0 Å². The summed E-state index contributed by atoms with van der Waals surface area (Å²) in [5, 5.41) is 3.42.